The number of nitrogens with zero attached hydrogens (tertiary/aromatic N) is 4. The highest BCUT2D eigenvalue weighted by atomic mass is 16.6. The Morgan fingerprint density at radius 2 is 2.05 bits per heavy atom. The molecule has 0 fully saturated rings. The summed E-state index contributed by atoms with van der Waals surface area (Å²) in [7, 11) is 0. The van der Waals surface area contributed by atoms with Crippen LogP contribution in [0, 0.1) is 11.3 Å². The molecule has 102 valence electrons. The number of ether oxygens (including phenoxy) is 2. The molecule has 3 heterocycles. The lowest BCUT2D eigenvalue weighted by Crippen LogP contribution is -2.23. The van der Waals surface area contributed by atoms with Crippen LogP contribution in [0.25, 0.3) is 5.65 Å². The van der Waals surface area contributed by atoms with Crippen LogP contribution in [0.5, 0.6) is 11.5 Å². The van der Waals surface area contributed by atoms with Crippen LogP contribution in [0.4, 0.5) is 0 Å². The number of aromatic nitrogens is 3. The number of fused-ring (bicyclic) bond motifs is 2. The van der Waals surface area contributed by atoms with Gasteiger partial charge in [-0.2, -0.15) is 5.26 Å². The summed E-state index contributed by atoms with van der Waals surface area (Å²) in [5.74, 6) is 2.08. The van der Waals surface area contributed by atoms with Crippen molar-refractivity contribution in [3.05, 3.63) is 54.0 Å². The predicted octanol–water partition coefficient (Wildman–Crippen LogP) is 2.11. The zero-order chi connectivity index (χ0) is 14.2. The molecule has 1 unspecified atom stereocenters. The first-order valence-corrected chi connectivity index (χ1v) is 6.48. The predicted molar refractivity (Wildman–Crippen MR) is 73.0 cm³/mol. The van der Waals surface area contributed by atoms with Crippen LogP contribution in [0.3, 0.4) is 0 Å². The fourth-order valence-electron chi connectivity index (χ4n) is 2.35. The minimum Gasteiger partial charge on any atom is -0.485 e. The number of rotatable bonds is 1. The number of hydrogen-bond donors (Lipinski definition) is 0. The first-order valence-electron chi connectivity index (χ1n) is 6.48. The van der Waals surface area contributed by atoms with Crippen LogP contribution in [-0.2, 0) is 0 Å². The van der Waals surface area contributed by atoms with Crippen LogP contribution in [-0.4, -0.2) is 21.2 Å². The Labute approximate surface area is 120 Å². The second-order valence-electron chi connectivity index (χ2n) is 4.68. The maximum atomic E-state index is 8.91. The standard InChI is InChI=1S/C15H10N4O2/c16-8-10-5-6-19-14(7-10)17-18-15(19)13-9-20-11-3-1-2-4-12(11)21-13/h1-7,13H,9H2. The first kappa shape index (κ1) is 11.7. The summed E-state index contributed by atoms with van der Waals surface area (Å²) in [6.07, 6.45) is 1.44. The number of para-hydroxylation sites is 2. The van der Waals surface area contributed by atoms with Gasteiger partial charge in [-0.1, -0.05) is 12.1 Å². The van der Waals surface area contributed by atoms with E-state index in [1.54, 1.807) is 18.3 Å². The van der Waals surface area contributed by atoms with Crippen LogP contribution < -0.4 is 9.47 Å². The molecule has 0 amide bonds. The van der Waals surface area contributed by atoms with Gasteiger partial charge in [0.2, 0.25) is 0 Å². The van der Waals surface area contributed by atoms with Gasteiger partial charge >= 0.3 is 0 Å². The summed E-state index contributed by atoms with van der Waals surface area (Å²) in [6.45, 7) is 0.373. The van der Waals surface area contributed by atoms with E-state index in [4.69, 9.17) is 14.7 Å². The third kappa shape index (κ3) is 1.87. The highest BCUT2D eigenvalue weighted by Crippen LogP contribution is 2.35. The topological polar surface area (TPSA) is 72.4 Å². The van der Waals surface area contributed by atoms with Gasteiger partial charge in [-0.3, -0.25) is 4.40 Å². The minimum atomic E-state index is -0.331. The Morgan fingerprint density at radius 1 is 1.19 bits per heavy atom. The monoisotopic (exact) mass is 278 g/mol. The summed E-state index contributed by atoms with van der Waals surface area (Å²) < 4.78 is 13.4. The third-order valence-electron chi connectivity index (χ3n) is 3.36. The van der Waals surface area contributed by atoms with Gasteiger partial charge in [0, 0.05) is 12.3 Å². The van der Waals surface area contributed by atoms with Crippen molar-refractivity contribution in [1.82, 2.24) is 14.6 Å². The van der Waals surface area contributed by atoms with Gasteiger partial charge in [-0.25, -0.2) is 0 Å². The van der Waals surface area contributed by atoms with E-state index in [-0.39, 0.29) is 6.10 Å². The molecule has 1 aliphatic heterocycles. The summed E-state index contributed by atoms with van der Waals surface area (Å²) >= 11 is 0. The highest BCUT2D eigenvalue weighted by molar-refractivity contribution is 5.46. The van der Waals surface area contributed by atoms with Gasteiger partial charge < -0.3 is 9.47 Å². The molecule has 0 N–H and O–H groups in total. The van der Waals surface area contributed by atoms with E-state index >= 15 is 0 Å². The molecule has 0 radical (unpaired) electrons. The lowest BCUT2D eigenvalue weighted by Gasteiger charge is -2.25. The third-order valence-corrected chi connectivity index (χ3v) is 3.36. The molecule has 2 aromatic heterocycles. The Morgan fingerprint density at radius 3 is 2.90 bits per heavy atom. The van der Waals surface area contributed by atoms with E-state index in [0.29, 0.717) is 29.4 Å². The maximum Gasteiger partial charge on any atom is 0.192 e. The molecule has 0 spiro atoms. The summed E-state index contributed by atoms with van der Waals surface area (Å²) in [5.41, 5.74) is 1.17. The largest absolute Gasteiger partial charge is 0.485 e. The van der Waals surface area contributed by atoms with Gasteiger partial charge in [0.1, 0.15) is 6.61 Å². The van der Waals surface area contributed by atoms with Crippen LogP contribution in [0.2, 0.25) is 0 Å². The summed E-state index contributed by atoms with van der Waals surface area (Å²) in [6, 6.07) is 13.0. The van der Waals surface area contributed by atoms with Crippen molar-refractivity contribution >= 4 is 5.65 Å². The van der Waals surface area contributed by atoms with Crippen molar-refractivity contribution in [3.63, 3.8) is 0 Å². The van der Waals surface area contributed by atoms with E-state index < -0.39 is 0 Å². The van der Waals surface area contributed by atoms with E-state index in [9.17, 15) is 0 Å². The molecule has 1 aliphatic rings. The van der Waals surface area contributed by atoms with Crippen molar-refractivity contribution in [2.75, 3.05) is 6.61 Å². The lowest BCUT2D eigenvalue weighted by atomic mass is 10.2. The van der Waals surface area contributed by atoms with Crippen molar-refractivity contribution in [2.24, 2.45) is 0 Å². The van der Waals surface area contributed by atoms with E-state index in [1.165, 1.54) is 0 Å². The van der Waals surface area contributed by atoms with Crippen LogP contribution in [0.15, 0.2) is 42.6 Å². The SMILES string of the molecule is N#Cc1ccn2c(C3COc4ccccc4O3)nnc2c1. The van der Waals surface area contributed by atoms with Gasteiger partial charge in [-0.05, 0) is 18.2 Å². The minimum absolute atomic E-state index is 0.331. The van der Waals surface area contributed by atoms with E-state index in [0.717, 1.165) is 5.75 Å². The van der Waals surface area contributed by atoms with Crippen molar-refractivity contribution in [1.29, 1.82) is 5.26 Å². The number of hydrogen-bond acceptors (Lipinski definition) is 5. The molecule has 4 rings (SSSR count). The van der Waals surface area contributed by atoms with Crippen molar-refractivity contribution < 1.29 is 9.47 Å². The average molecular weight is 278 g/mol. The maximum absolute atomic E-state index is 8.91. The molecule has 0 aliphatic carbocycles. The zero-order valence-corrected chi connectivity index (χ0v) is 10.9. The van der Waals surface area contributed by atoms with Crippen molar-refractivity contribution in [2.45, 2.75) is 6.10 Å². The highest BCUT2D eigenvalue weighted by Gasteiger charge is 2.26. The molecule has 1 atom stereocenters. The second kappa shape index (κ2) is 4.49. The number of nitriles is 1. The molecule has 1 aromatic carbocycles. The number of benzene rings is 1. The molecular weight excluding hydrogens is 268 g/mol. The van der Waals surface area contributed by atoms with E-state index in [2.05, 4.69) is 16.3 Å². The fourth-order valence-corrected chi connectivity index (χ4v) is 2.35. The first-order chi connectivity index (χ1) is 10.3. The molecule has 0 saturated heterocycles. The quantitative estimate of drug-likeness (QED) is 0.681. The van der Waals surface area contributed by atoms with Gasteiger partial charge in [-0.15, -0.1) is 10.2 Å². The average Bonchev–Trinajstić information content (AvgIpc) is 2.97. The fraction of sp³-hybridized carbons (Fsp3) is 0.133. The van der Waals surface area contributed by atoms with E-state index in [1.807, 2.05) is 28.7 Å². The summed E-state index contributed by atoms with van der Waals surface area (Å²) in [5, 5.41) is 17.2. The molecule has 21 heavy (non-hydrogen) atoms. The molecule has 6 nitrogen and oxygen atoms in total. The smallest absolute Gasteiger partial charge is 0.192 e. The van der Waals surface area contributed by atoms with Gasteiger partial charge in [0.05, 0.1) is 11.6 Å². The zero-order valence-electron chi connectivity index (χ0n) is 10.9. The molecular formula is C15H10N4O2. The number of pyridine rings is 1. The Hall–Kier alpha value is -3.07. The Kier molecular flexibility index (Phi) is 2.51. The summed E-state index contributed by atoms with van der Waals surface area (Å²) in [4.78, 5) is 0. The molecule has 3 aromatic rings. The normalized spacial score (nSPS) is 16.6. The Bertz CT molecular complexity index is 865. The van der Waals surface area contributed by atoms with Crippen LogP contribution in [0.1, 0.15) is 17.5 Å². The van der Waals surface area contributed by atoms with Crippen molar-refractivity contribution in [3.8, 4) is 17.6 Å². The second-order valence-corrected chi connectivity index (χ2v) is 4.68. The molecule has 0 saturated carbocycles. The van der Waals surface area contributed by atoms with Gasteiger partial charge in [0.15, 0.2) is 29.1 Å². The Balaban J connectivity index is 1.74. The van der Waals surface area contributed by atoms with Crippen LogP contribution >= 0.6 is 0 Å². The molecule has 0 bridgehead atoms. The van der Waals surface area contributed by atoms with Gasteiger partial charge in [0.25, 0.3) is 0 Å². The lowest BCUT2D eigenvalue weighted by molar-refractivity contribution is 0.0843. The molecule has 6 heteroatoms.